The predicted molar refractivity (Wildman–Crippen MR) is 77.9 cm³/mol. The Labute approximate surface area is 122 Å². The molecule has 1 heterocycles. The lowest BCUT2D eigenvalue weighted by Crippen LogP contribution is -2.17. The van der Waals surface area contributed by atoms with E-state index in [2.05, 4.69) is 37.9 Å². The number of hydrogen-bond donors (Lipinski definition) is 1. The fraction of sp³-hybridized carbons (Fsp3) is 0.692. The molecule has 3 aliphatic rings. The molecule has 17 heavy (non-hydrogen) atoms. The summed E-state index contributed by atoms with van der Waals surface area (Å²) in [5.74, 6) is 4.74. The molecule has 5 unspecified atom stereocenters. The summed E-state index contributed by atoms with van der Waals surface area (Å²) in [5, 5.41) is 0. The summed E-state index contributed by atoms with van der Waals surface area (Å²) in [6.07, 6.45) is 4.46. The van der Waals surface area contributed by atoms with E-state index >= 15 is 0 Å². The van der Waals surface area contributed by atoms with E-state index in [1.807, 2.05) is 0 Å². The Morgan fingerprint density at radius 2 is 1.88 bits per heavy atom. The first-order valence-corrected chi connectivity index (χ1v) is 8.77. The molecule has 2 N–H and O–H groups in total. The fourth-order valence-electron chi connectivity index (χ4n) is 4.66. The minimum atomic E-state index is 0.255. The Morgan fingerprint density at radius 1 is 1.24 bits per heavy atom. The molecular weight excluding hydrogens is 362 g/mol. The number of halogens is 2. The van der Waals surface area contributed by atoms with Gasteiger partial charge in [0.05, 0.1) is 7.57 Å². The summed E-state index contributed by atoms with van der Waals surface area (Å²) in [7, 11) is 0. The third-order valence-corrected chi connectivity index (χ3v) is 7.64. The smallest absolute Gasteiger partial charge is 0.0758 e. The molecule has 0 radical (unpaired) electrons. The maximum Gasteiger partial charge on any atom is 0.0758 e. The van der Waals surface area contributed by atoms with Crippen LogP contribution in [0.1, 0.15) is 30.9 Å². The lowest BCUT2D eigenvalue weighted by atomic mass is 9.95. The van der Waals surface area contributed by atoms with Crippen LogP contribution in [-0.4, -0.2) is 0 Å². The van der Waals surface area contributed by atoms with Gasteiger partial charge in [-0.1, -0.05) is 0 Å². The highest BCUT2D eigenvalue weighted by atomic mass is 79.9. The van der Waals surface area contributed by atoms with E-state index in [4.69, 9.17) is 5.73 Å². The fourth-order valence-corrected chi connectivity index (χ4v) is 7.62. The van der Waals surface area contributed by atoms with Gasteiger partial charge in [-0.15, -0.1) is 11.3 Å². The molecule has 4 rings (SSSR count). The second-order valence-corrected chi connectivity index (χ2v) is 9.62. The van der Waals surface area contributed by atoms with Crippen LogP contribution in [0.2, 0.25) is 0 Å². The Kier molecular flexibility index (Phi) is 2.57. The van der Waals surface area contributed by atoms with Crippen LogP contribution in [-0.2, 0) is 0 Å². The van der Waals surface area contributed by atoms with E-state index in [9.17, 15) is 0 Å². The van der Waals surface area contributed by atoms with Crippen LogP contribution in [0, 0.1) is 29.6 Å². The molecule has 1 aromatic heterocycles. The first kappa shape index (κ1) is 11.4. The highest BCUT2D eigenvalue weighted by Crippen LogP contribution is 2.72. The Bertz CT molecular complexity index is 456. The summed E-state index contributed by atoms with van der Waals surface area (Å²) < 4.78 is 2.40. The predicted octanol–water partition coefficient (Wildman–Crippen LogP) is 4.57. The summed E-state index contributed by atoms with van der Waals surface area (Å²) >= 11 is 8.94. The molecule has 0 spiro atoms. The van der Waals surface area contributed by atoms with E-state index in [0.717, 1.165) is 29.6 Å². The van der Waals surface area contributed by atoms with Gasteiger partial charge in [0.15, 0.2) is 0 Å². The van der Waals surface area contributed by atoms with E-state index in [0.29, 0.717) is 0 Å². The summed E-state index contributed by atoms with van der Waals surface area (Å²) in [5.41, 5.74) is 7.83. The Balaban J connectivity index is 1.59. The van der Waals surface area contributed by atoms with Crippen molar-refractivity contribution in [3.8, 4) is 0 Å². The first-order valence-electron chi connectivity index (χ1n) is 6.37. The van der Waals surface area contributed by atoms with Crippen LogP contribution >= 0.6 is 43.2 Å². The topological polar surface area (TPSA) is 26.0 Å². The quantitative estimate of drug-likeness (QED) is 0.803. The third-order valence-electron chi connectivity index (χ3n) is 5.25. The van der Waals surface area contributed by atoms with Gasteiger partial charge in [-0.05, 0) is 92.3 Å². The average molecular weight is 377 g/mol. The SMILES string of the molecule is NC(c1cc(Br)sc1Br)C1C2C3CCC(C3)C21. The maximum atomic E-state index is 6.51. The zero-order valence-corrected chi connectivity index (χ0v) is 13.4. The van der Waals surface area contributed by atoms with Gasteiger partial charge in [-0.25, -0.2) is 0 Å². The van der Waals surface area contributed by atoms with E-state index in [-0.39, 0.29) is 6.04 Å². The second kappa shape index (κ2) is 3.81. The zero-order chi connectivity index (χ0) is 11.7. The summed E-state index contributed by atoms with van der Waals surface area (Å²) in [4.78, 5) is 0. The van der Waals surface area contributed by atoms with Crippen molar-refractivity contribution < 1.29 is 0 Å². The molecule has 1 aromatic rings. The van der Waals surface area contributed by atoms with Crippen LogP contribution < -0.4 is 5.73 Å². The van der Waals surface area contributed by atoms with E-state index in [1.165, 1.54) is 32.4 Å². The third kappa shape index (κ3) is 1.57. The molecule has 0 aromatic carbocycles. The lowest BCUT2D eigenvalue weighted by Gasteiger charge is -2.15. The van der Waals surface area contributed by atoms with Crippen molar-refractivity contribution in [2.45, 2.75) is 25.3 Å². The maximum absolute atomic E-state index is 6.51. The molecule has 3 aliphatic carbocycles. The molecule has 3 saturated carbocycles. The number of thiophene rings is 1. The number of rotatable bonds is 2. The molecule has 5 atom stereocenters. The van der Waals surface area contributed by atoms with Crippen molar-refractivity contribution in [1.82, 2.24) is 0 Å². The summed E-state index contributed by atoms with van der Waals surface area (Å²) in [6.45, 7) is 0. The van der Waals surface area contributed by atoms with Crippen molar-refractivity contribution in [3.05, 3.63) is 19.2 Å². The molecule has 2 bridgehead atoms. The summed E-state index contributed by atoms with van der Waals surface area (Å²) in [6, 6.07) is 2.46. The molecule has 0 saturated heterocycles. The van der Waals surface area contributed by atoms with Gasteiger partial charge < -0.3 is 5.73 Å². The minimum Gasteiger partial charge on any atom is -0.324 e. The zero-order valence-electron chi connectivity index (χ0n) is 9.40. The lowest BCUT2D eigenvalue weighted by molar-refractivity contribution is 0.417. The van der Waals surface area contributed by atoms with Gasteiger partial charge in [0.1, 0.15) is 0 Å². The molecule has 0 amide bonds. The van der Waals surface area contributed by atoms with Crippen LogP contribution in [0.4, 0.5) is 0 Å². The largest absolute Gasteiger partial charge is 0.324 e. The van der Waals surface area contributed by atoms with Crippen LogP contribution in [0.3, 0.4) is 0 Å². The van der Waals surface area contributed by atoms with Crippen LogP contribution in [0.5, 0.6) is 0 Å². The van der Waals surface area contributed by atoms with Crippen LogP contribution in [0.25, 0.3) is 0 Å². The highest BCUT2D eigenvalue weighted by molar-refractivity contribution is 9.12. The normalized spacial score (nSPS) is 43.8. The number of fused-ring (bicyclic) bond motifs is 5. The Morgan fingerprint density at radius 3 is 2.41 bits per heavy atom. The standard InChI is InChI=1S/C13H15Br2NS/c14-8-4-7(13(15)17-8)12(16)11-9-5-1-2-6(3-5)10(9)11/h4-6,9-12H,1-3,16H2. The molecule has 0 aliphatic heterocycles. The van der Waals surface area contributed by atoms with Gasteiger partial charge >= 0.3 is 0 Å². The van der Waals surface area contributed by atoms with Gasteiger partial charge in [0, 0.05) is 6.04 Å². The number of hydrogen-bond acceptors (Lipinski definition) is 2. The Hall–Kier alpha value is 0.620. The van der Waals surface area contributed by atoms with Crippen molar-refractivity contribution >= 4 is 43.2 Å². The molecular formula is C13H15Br2NS. The van der Waals surface area contributed by atoms with Gasteiger partial charge in [0.25, 0.3) is 0 Å². The van der Waals surface area contributed by atoms with E-state index in [1.54, 1.807) is 11.3 Å². The van der Waals surface area contributed by atoms with Crippen molar-refractivity contribution in [2.24, 2.45) is 35.3 Å². The molecule has 3 fully saturated rings. The van der Waals surface area contributed by atoms with Crippen LogP contribution in [0.15, 0.2) is 13.6 Å². The van der Waals surface area contributed by atoms with E-state index < -0.39 is 0 Å². The minimum absolute atomic E-state index is 0.255. The van der Waals surface area contributed by atoms with Crippen molar-refractivity contribution in [2.75, 3.05) is 0 Å². The van der Waals surface area contributed by atoms with Gasteiger partial charge in [0.2, 0.25) is 0 Å². The molecule has 92 valence electrons. The first-order chi connectivity index (χ1) is 8.16. The van der Waals surface area contributed by atoms with Crippen molar-refractivity contribution in [1.29, 1.82) is 0 Å². The molecule has 4 heteroatoms. The number of nitrogens with two attached hydrogens (primary N) is 1. The van der Waals surface area contributed by atoms with Gasteiger partial charge in [-0.3, -0.25) is 0 Å². The second-order valence-electron chi connectivity index (χ2n) is 5.87. The monoisotopic (exact) mass is 375 g/mol. The van der Waals surface area contributed by atoms with Gasteiger partial charge in [-0.2, -0.15) is 0 Å². The molecule has 1 nitrogen and oxygen atoms in total. The van der Waals surface area contributed by atoms with Crippen molar-refractivity contribution in [3.63, 3.8) is 0 Å². The highest BCUT2D eigenvalue weighted by Gasteiger charge is 2.66. The average Bonchev–Trinajstić information content (AvgIpc) is 2.59.